The van der Waals surface area contributed by atoms with Crippen LogP contribution in [0.1, 0.15) is 13.3 Å². The largest absolute Gasteiger partial charge is 0.355 e. The van der Waals surface area contributed by atoms with Gasteiger partial charge in [-0.2, -0.15) is 0 Å². The molecule has 9 heteroatoms. The molecule has 1 rings (SSSR count). The Morgan fingerprint density at radius 3 is 2.73 bits per heavy atom. The predicted molar refractivity (Wildman–Crippen MR) is 57.0 cm³/mol. The Bertz CT molecular complexity index is 336. The first-order valence-electron chi connectivity index (χ1n) is 3.88. The second-order valence-corrected chi connectivity index (χ2v) is 5.29. The van der Waals surface area contributed by atoms with Crippen LogP contribution in [0.15, 0.2) is 10.3 Å². The summed E-state index contributed by atoms with van der Waals surface area (Å²) in [7, 11) is 0. The summed E-state index contributed by atoms with van der Waals surface area (Å²) in [5.41, 5.74) is 8.53. The molecule has 0 bridgehead atoms. The van der Waals surface area contributed by atoms with Gasteiger partial charge in [-0.3, -0.25) is 0 Å². The molecule has 1 N–H and O–H groups in total. The Morgan fingerprint density at radius 2 is 2.33 bits per heavy atom. The maximum atomic E-state index is 9.75. The second kappa shape index (κ2) is 4.23. The van der Waals surface area contributed by atoms with Crippen LogP contribution in [0.5, 0.6) is 0 Å². The normalized spacial score (nSPS) is 27.7. The smallest absolute Gasteiger partial charge is 0.287 e. The van der Waals surface area contributed by atoms with E-state index in [2.05, 4.69) is 20.0 Å². The lowest BCUT2D eigenvalue weighted by Crippen LogP contribution is -2.43. The second-order valence-electron chi connectivity index (χ2n) is 3.01. The maximum absolute atomic E-state index is 9.75. The molecule has 0 aromatic heterocycles. The van der Waals surface area contributed by atoms with Gasteiger partial charge in [0.05, 0.1) is 18.2 Å². The van der Waals surface area contributed by atoms with Crippen LogP contribution in [0, 0.1) is 0 Å². The van der Waals surface area contributed by atoms with Crippen molar-refractivity contribution in [3.63, 3.8) is 0 Å². The van der Waals surface area contributed by atoms with E-state index in [9.17, 15) is 5.11 Å². The minimum Gasteiger partial charge on any atom is -0.355 e. The molecule has 0 saturated heterocycles. The molecule has 1 heterocycles. The molecule has 0 aromatic rings. The molecular formula is C6H7Cl3N4O2. The lowest BCUT2D eigenvalue weighted by atomic mass is 10.1. The van der Waals surface area contributed by atoms with Crippen molar-refractivity contribution < 1.29 is 9.94 Å². The van der Waals surface area contributed by atoms with Crippen molar-refractivity contribution in [3.05, 3.63) is 10.4 Å². The summed E-state index contributed by atoms with van der Waals surface area (Å²) in [5, 5.41) is 16.7. The number of alkyl halides is 3. The Labute approximate surface area is 100 Å². The molecule has 1 aliphatic heterocycles. The number of hydrogen-bond donors (Lipinski definition) is 1. The van der Waals surface area contributed by atoms with Gasteiger partial charge in [0, 0.05) is 4.91 Å². The van der Waals surface area contributed by atoms with E-state index >= 15 is 0 Å². The van der Waals surface area contributed by atoms with E-state index < -0.39 is 15.6 Å². The summed E-state index contributed by atoms with van der Waals surface area (Å²) in [6.07, 6.45) is -0.121. The zero-order valence-corrected chi connectivity index (χ0v) is 9.83. The number of halogens is 3. The fourth-order valence-electron chi connectivity index (χ4n) is 0.964. The zero-order chi connectivity index (χ0) is 11.7. The number of oxime groups is 1. The summed E-state index contributed by atoms with van der Waals surface area (Å²) in [4.78, 5) is 7.25. The highest BCUT2D eigenvalue weighted by Gasteiger charge is 2.54. The lowest BCUT2D eigenvalue weighted by molar-refractivity contribution is -0.181. The number of azide groups is 1. The Kier molecular flexibility index (Phi) is 3.58. The molecule has 0 aliphatic carbocycles. The molecule has 0 aromatic carbocycles. The molecule has 6 nitrogen and oxygen atoms in total. The van der Waals surface area contributed by atoms with E-state index in [4.69, 9.17) is 40.3 Å². The quantitative estimate of drug-likeness (QED) is 0.362. The fourth-order valence-corrected chi connectivity index (χ4v) is 1.27. The first kappa shape index (κ1) is 12.7. The summed E-state index contributed by atoms with van der Waals surface area (Å²) in [6.45, 7) is 1.59. The summed E-state index contributed by atoms with van der Waals surface area (Å²) >= 11 is 16.5. The fraction of sp³-hybridized carbons (Fsp3) is 0.833. The minimum atomic E-state index is -2.02. The number of nitrogens with zero attached hydrogens (tertiary/aromatic N) is 4. The molecule has 2 unspecified atom stereocenters. The van der Waals surface area contributed by atoms with Crippen LogP contribution in [-0.2, 0) is 4.84 Å². The third-order valence-corrected chi connectivity index (χ3v) is 2.77. The van der Waals surface area contributed by atoms with Crippen LogP contribution < -0.4 is 0 Å². The van der Waals surface area contributed by atoms with E-state index in [1.165, 1.54) is 0 Å². The van der Waals surface area contributed by atoms with Gasteiger partial charge in [0.15, 0.2) is 0 Å². The van der Waals surface area contributed by atoms with Gasteiger partial charge in [-0.1, -0.05) is 52.0 Å². The van der Waals surface area contributed by atoms with Gasteiger partial charge < -0.3 is 9.94 Å². The van der Waals surface area contributed by atoms with Gasteiger partial charge in [-0.25, -0.2) is 0 Å². The van der Waals surface area contributed by atoms with Gasteiger partial charge in [0.25, 0.3) is 9.58 Å². The first-order chi connectivity index (χ1) is 6.80. The van der Waals surface area contributed by atoms with Crippen molar-refractivity contribution in [2.75, 3.05) is 0 Å². The number of rotatable bonds is 2. The highest BCUT2D eigenvalue weighted by molar-refractivity contribution is 6.68. The van der Waals surface area contributed by atoms with Crippen LogP contribution in [0.3, 0.4) is 0 Å². The number of aliphatic hydroxyl groups is 1. The van der Waals surface area contributed by atoms with Gasteiger partial charge >= 0.3 is 0 Å². The Balaban J connectivity index is 2.77. The number of hydrogen-bond acceptors (Lipinski definition) is 4. The van der Waals surface area contributed by atoms with E-state index in [1.807, 2.05) is 0 Å². The Hall–Kier alpha value is -0.390. The molecule has 1 aliphatic rings. The molecule has 84 valence electrons. The summed E-state index contributed by atoms with van der Waals surface area (Å²) < 4.78 is -2.02. The average Bonchev–Trinajstić information content (AvgIpc) is 2.48. The third-order valence-electron chi connectivity index (χ3n) is 1.88. The first-order valence-corrected chi connectivity index (χ1v) is 5.02. The molecule has 0 radical (unpaired) electrons. The van der Waals surface area contributed by atoms with Crippen LogP contribution >= 0.6 is 34.8 Å². The minimum absolute atomic E-state index is 0.121. The molecule has 0 fully saturated rings. The van der Waals surface area contributed by atoms with E-state index in [-0.39, 0.29) is 6.42 Å². The maximum Gasteiger partial charge on any atom is 0.287 e. The highest BCUT2D eigenvalue weighted by atomic mass is 35.6. The van der Waals surface area contributed by atoms with Gasteiger partial charge in [0.2, 0.25) is 0 Å². The van der Waals surface area contributed by atoms with Crippen LogP contribution in [0.4, 0.5) is 0 Å². The van der Waals surface area contributed by atoms with Crippen molar-refractivity contribution in [2.24, 2.45) is 10.3 Å². The van der Waals surface area contributed by atoms with Gasteiger partial charge in [-0.15, -0.1) is 0 Å². The van der Waals surface area contributed by atoms with Crippen LogP contribution in [0.25, 0.3) is 10.4 Å². The Morgan fingerprint density at radius 1 is 1.73 bits per heavy atom. The molecule has 0 amide bonds. The van der Waals surface area contributed by atoms with Crippen molar-refractivity contribution in [3.8, 4) is 0 Å². The van der Waals surface area contributed by atoms with Crippen LogP contribution in [0.2, 0.25) is 0 Å². The molecule has 0 spiro atoms. The molecule has 15 heavy (non-hydrogen) atoms. The zero-order valence-electron chi connectivity index (χ0n) is 7.56. The standard InChI is InChI=1S/C6H7Cl3N4O2/c1-3(11-13-10)4-2-5(14,15-12-4)6(7,8)9/h3,14H,2H2,1H3. The van der Waals surface area contributed by atoms with E-state index in [0.29, 0.717) is 5.71 Å². The SMILES string of the molecule is CC(N=[N+]=[N-])C1=NOC(O)(C(Cl)(Cl)Cl)C1. The van der Waals surface area contributed by atoms with Crippen molar-refractivity contribution in [1.82, 2.24) is 0 Å². The average molecular weight is 274 g/mol. The van der Waals surface area contributed by atoms with Crippen molar-refractivity contribution in [2.45, 2.75) is 29.0 Å². The lowest BCUT2D eigenvalue weighted by Gasteiger charge is -2.27. The van der Waals surface area contributed by atoms with Crippen LogP contribution in [-0.4, -0.2) is 26.4 Å². The topological polar surface area (TPSA) is 90.6 Å². The monoisotopic (exact) mass is 272 g/mol. The third kappa shape index (κ3) is 2.59. The summed E-state index contributed by atoms with van der Waals surface area (Å²) in [6, 6.07) is -0.559. The van der Waals surface area contributed by atoms with Gasteiger partial charge in [-0.05, 0) is 5.53 Å². The highest BCUT2D eigenvalue weighted by Crippen LogP contribution is 2.44. The molecule has 0 saturated carbocycles. The van der Waals surface area contributed by atoms with Crippen molar-refractivity contribution >= 4 is 40.5 Å². The predicted octanol–water partition coefficient (Wildman–Crippen LogP) is 2.52. The summed E-state index contributed by atoms with van der Waals surface area (Å²) in [5.74, 6) is -2.01. The van der Waals surface area contributed by atoms with E-state index in [1.54, 1.807) is 6.92 Å². The molecular weight excluding hydrogens is 266 g/mol. The molecule has 2 atom stereocenters. The van der Waals surface area contributed by atoms with E-state index in [0.717, 1.165) is 0 Å². The van der Waals surface area contributed by atoms with Gasteiger partial charge in [0.1, 0.15) is 0 Å². The van der Waals surface area contributed by atoms with Crippen molar-refractivity contribution in [1.29, 1.82) is 0 Å².